The molecule has 0 spiro atoms. The molecule has 0 fully saturated rings. The molecule has 1 aromatic carbocycles. The van der Waals surface area contributed by atoms with Gasteiger partial charge >= 0.3 is 0 Å². The zero-order valence-electron chi connectivity index (χ0n) is 12.6. The molecular formula is C17H29N. The predicted molar refractivity (Wildman–Crippen MR) is 80.9 cm³/mol. The Morgan fingerprint density at radius 2 is 1.56 bits per heavy atom. The Kier molecular flexibility index (Phi) is 6.42. The number of hydrogen-bond acceptors (Lipinski definition) is 1. The second-order valence-corrected chi connectivity index (χ2v) is 6.20. The van der Waals surface area contributed by atoms with Gasteiger partial charge in [-0.05, 0) is 36.7 Å². The van der Waals surface area contributed by atoms with Crippen LogP contribution in [-0.2, 0) is 0 Å². The minimum Gasteiger partial charge on any atom is -0.314 e. The first-order chi connectivity index (χ1) is 8.50. The van der Waals surface area contributed by atoms with Gasteiger partial charge in [0.25, 0.3) is 0 Å². The highest BCUT2D eigenvalue weighted by atomic mass is 14.9. The maximum absolute atomic E-state index is 3.69. The van der Waals surface area contributed by atoms with Gasteiger partial charge in [-0.15, -0.1) is 0 Å². The van der Waals surface area contributed by atoms with E-state index in [2.05, 4.69) is 70.3 Å². The lowest BCUT2D eigenvalue weighted by atomic mass is 9.88. The van der Waals surface area contributed by atoms with Crippen LogP contribution in [0.5, 0.6) is 0 Å². The van der Waals surface area contributed by atoms with Crippen molar-refractivity contribution in [2.24, 2.45) is 11.8 Å². The quantitative estimate of drug-likeness (QED) is 0.750. The molecule has 0 radical (unpaired) electrons. The lowest BCUT2D eigenvalue weighted by molar-refractivity contribution is 0.394. The molecule has 0 amide bonds. The molecule has 1 N–H and O–H groups in total. The molecule has 1 heteroatoms. The van der Waals surface area contributed by atoms with Crippen LogP contribution in [0.2, 0.25) is 0 Å². The Bertz CT molecular complexity index is 316. The van der Waals surface area contributed by atoms with Gasteiger partial charge in [-0.2, -0.15) is 0 Å². The fourth-order valence-corrected chi connectivity index (χ4v) is 2.56. The van der Waals surface area contributed by atoms with Gasteiger partial charge < -0.3 is 5.32 Å². The second-order valence-electron chi connectivity index (χ2n) is 6.20. The predicted octanol–water partition coefficient (Wildman–Crippen LogP) is 4.45. The number of rotatable bonds is 7. The van der Waals surface area contributed by atoms with E-state index in [1.165, 1.54) is 12.0 Å². The fourth-order valence-electron chi connectivity index (χ4n) is 2.56. The minimum atomic E-state index is 0.606. The maximum atomic E-state index is 3.69. The number of hydrogen-bond donors (Lipinski definition) is 1. The number of nitrogens with one attached hydrogen (secondary N) is 1. The summed E-state index contributed by atoms with van der Waals surface area (Å²) in [4.78, 5) is 0. The summed E-state index contributed by atoms with van der Waals surface area (Å²) < 4.78 is 0. The van der Waals surface area contributed by atoms with E-state index in [9.17, 15) is 0 Å². The molecule has 2 atom stereocenters. The smallest absolute Gasteiger partial charge is 0.00414 e. The minimum absolute atomic E-state index is 0.606. The van der Waals surface area contributed by atoms with E-state index in [-0.39, 0.29) is 0 Å². The molecule has 0 saturated carbocycles. The summed E-state index contributed by atoms with van der Waals surface area (Å²) in [6.45, 7) is 12.6. The largest absolute Gasteiger partial charge is 0.314 e. The summed E-state index contributed by atoms with van der Waals surface area (Å²) >= 11 is 0. The van der Waals surface area contributed by atoms with Crippen molar-refractivity contribution < 1.29 is 0 Å². The van der Waals surface area contributed by atoms with Crippen LogP contribution in [0.4, 0.5) is 0 Å². The molecule has 0 aliphatic heterocycles. The molecule has 102 valence electrons. The van der Waals surface area contributed by atoms with Crippen LogP contribution < -0.4 is 5.32 Å². The van der Waals surface area contributed by atoms with Gasteiger partial charge in [0.15, 0.2) is 0 Å². The molecule has 0 aliphatic rings. The van der Waals surface area contributed by atoms with Gasteiger partial charge in [0.2, 0.25) is 0 Å². The van der Waals surface area contributed by atoms with Crippen LogP contribution in [0.25, 0.3) is 0 Å². The van der Waals surface area contributed by atoms with Crippen molar-refractivity contribution in [1.82, 2.24) is 5.32 Å². The van der Waals surface area contributed by atoms with Crippen LogP contribution in [0, 0.1) is 11.8 Å². The highest BCUT2D eigenvalue weighted by Gasteiger charge is 2.16. The summed E-state index contributed by atoms with van der Waals surface area (Å²) in [5, 5.41) is 3.69. The standard InChI is InChI=1S/C17H29N/c1-13(2)11-15(5)18-12-17(14(3)4)16-9-7-6-8-10-16/h6-10,13-15,17-18H,11-12H2,1-5H3. The molecule has 0 heterocycles. The highest BCUT2D eigenvalue weighted by molar-refractivity contribution is 5.20. The summed E-state index contributed by atoms with van der Waals surface area (Å²) in [5.41, 5.74) is 1.46. The van der Waals surface area contributed by atoms with Gasteiger partial charge in [-0.25, -0.2) is 0 Å². The van der Waals surface area contributed by atoms with E-state index in [1.54, 1.807) is 0 Å². The third-order valence-corrected chi connectivity index (χ3v) is 3.54. The Morgan fingerprint density at radius 3 is 2.06 bits per heavy atom. The van der Waals surface area contributed by atoms with E-state index in [0.29, 0.717) is 17.9 Å². The van der Waals surface area contributed by atoms with Crippen molar-refractivity contribution in [1.29, 1.82) is 0 Å². The van der Waals surface area contributed by atoms with Gasteiger partial charge in [0, 0.05) is 12.6 Å². The van der Waals surface area contributed by atoms with Crippen molar-refractivity contribution in [3.8, 4) is 0 Å². The third-order valence-electron chi connectivity index (χ3n) is 3.54. The number of benzene rings is 1. The average molecular weight is 247 g/mol. The molecule has 1 aromatic rings. The zero-order valence-corrected chi connectivity index (χ0v) is 12.6. The van der Waals surface area contributed by atoms with Crippen LogP contribution in [0.15, 0.2) is 30.3 Å². The molecule has 0 aliphatic carbocycles. The molecular weight excluding hydrogens is 218 g/mol. The monoisotopic (exact) mass is 247 g/mol. The van der Waals surface area contributed by atoms with Crippen molar-refractivity contribution in [2.45, 2.75) is 53.0 Å². The van der Waals surface area contributed by atoms with Gasteiger partial charge in [0.05, 0.1) is 0 Å². The molecule has 18 heavy (non-hydrogen) atoms. The molecule has 2 unspecified atom stereocenters. The van der Waals surface area contributed by atoms with E-state index < -0.39 is 0 Å². The first-order valence-electron chi connectivity index (χ1n) is 7.29. The van der Waals surface area contributed by atoms with Gasteiger partial charge in [-0.3, -0.25) is 0 Å². The van der Waals surface area contributed by atoms with E-state index in [4.69, 9.17) is 0 Å². The van der Waals surface area contributed by atoms with Gasteiger partial charge in [-0.1, -0.05) is 58.0 Å². The Balaban J connectivity index is 2.55. The normalized spacial score (nSPS) is 15.1. The topological polar surface area (TPSA) is 12.0 Å². The fraction of sp³-hybridized carbons (Fsp3) is 0.647. The van der Waals surface area contributed by atoms with Crippen molar-refractivity contribution in [2.75, 3.05) is 6.54 Å². The summed E-state index contributed by atoms with van der Waals surface area (Å²) in [7, 11) is 0. The lowest BCUT2D eigenvalue weighted by Crippen LogP contribution is -2.33. The van der Waals surface area contributed by atoms with E-state index in [1.807, 2.05) is 0 Å². The molecule has 0 bridgehead atoms. The van der Waals surface area contributed by atoms with E-state index >= 15 is 0 Å². The Labute approximate surface area is 113 Å². The first kappa shape index (κ1) is 15.2. The van der Waals surface area contributed by atoms with Crippen molar-refractivity contribution >= 4 is 0 Å². The first-order valence-corrected chi connectivity index (χ1v) is 7.29. The summed E-state index contributed by atoms with van der Waals surface area (Å²) in [6, 6.07) is 11.5. The van der Waals surface area contributed by atoms with Crippen LogP contribution in [-0.4, -0.2) is 12.6 Å². The van der Waals surface area contributed by atoms with E-state index in [0.717, 1.165) is 12.5 Å². The Morgan fingerprint density at radius 1 is 0.944 bits per heavy atom. The molecule has 1 rings (SSSR count). The lowest BCUT2D eigenvalue weighted by Gasteiger charge is -2.25. The Hall–Kier alpha value is -0.820. The highest BCUT2D eigenvalue weighted by Crippen LogP contribution is 2.23. The molecule has 0 saturated heterocycles. The van der Waals surface area contributed by atoms with Crippen molar-refractivity contribution in [3.63, 3.8) is 0 Å². The van der Waals surface area contributed by atoms with Crippen molar-refractivity contribution in [3.05, 3.63) is 35.9 Å². The third kappa shape index (κ3) is 5.22. The molecule has 1 nitrogen and oxygen atoms in total. The van der Waals surface area contributed by atoms with Crippen LogP contribution in [0.3, 0.4) is 0 Å². The molecule has 0 aromatic heterocycles. The SMILES string of the molecule is CC(C)CC(C)NCC(c1ccccc1)C(C)C. The summed E-state index contributed by atoms with van der Waals surface area (Å²) in [5.74, 6) is 2.05. The summed E-state index contributed by atoms with van der Waals surface area (Å²) in [6.07, 6.45) is 1.25. The zero-order chi connectivity index (χ0) is 13.5. The van der Waals surface area contributed by atoms with Crippen LogP contribution >= 0.6 is 0 Å². The second kappa shape index (κ2) is 7.58. The van der Waals surface area contributed by atoms with Gasteiger partial charge in [0.1, 0.15) is 0 Å². The maximum Gasteiger partial charge on any atom is 0.00414 e. The average Bonchev–Trinajstić information content (AvgIpc) is 2.29. The van der Waals surface area contributed by atoms with Crippen LogP contribution in [0.1, 0.15) is 52.5 Å².